The van der Waals surface area contributed by atoms with Crippen molar-refractivity contribution in [2.45, 2.75) is 63.4 Å². The second-order valence-corrected chi connectivity index (χ2v) is 11.2. The number of carbonyl (C=O) groups is 1. The monoisotopic (exact) mass is 509 g/mol. The van der Waals surface area contributed by atoms with Gasteiger partial charge in [0.1, 0.15) is 0 Å². The van der Waals surface area contributed by atoms with E-state index in [4.69, 9.17) is 9.84 Å². The fourth-order valence-corrected chi connectivity index (χ4v) is 6.39. The molecule has 0 bridgehead atoms. The van der Waals surface area contributed by atoms with Crippen LogP contribution in [0.3, 0.4) is 0 Å². The van der Waals surface area contributed by atoms with Crippen LogP contribution in [0, 0.1) is 5.92 Å². The SMILES string of the molecule is O=C(O)CCC/C=C\C[C@@H]1[C@@H](N2CCSCC2)[C@H](O)C[C@@H]1OCc1ccc(Cc2ccccc2)cc1. The summed E-state index contributed by atoms with van der Waals surface area (Å²) in [6.45, 7) is 2.58. The first kappa shape index (κ1) is 26.9. The Bertz CT molecular complexity index is 959. The topological polar surface area (TPSA) is 70.0 Å². The van der Waals surface area contributed by atoms with Gasteiger partial charge in [-0.1, -0.05) is 66.7 Å². The average molecular weight is 510 g/mol. The Morgan fingerprint density at radius 3 is 2.42 bits per heavy atom. The van der Waals surface area contributed by atoms with Crippen LogP contribution in [0.15, 0.2) is 66.7 Å². The Labute approximate surface area is 219 Å². The van der Waals surface area contributed by atoms with Gasteiger partial charge >= 0.3 is 5.97 Å². The summed E-state index contributed by atoms with van der Waals surface area (Å²) in [5.74, 6) is 1.71. The van der Waals surface area contributed by atoms with Crippen molar-refractivity contribution in [1.82, 2.24) is 4.90 Å². The number of thioether (sulfide) groups is 1. The van der Waals surface area contributed by atoms with Gasteiger partial charge < -0.3 is 14.9 Å². The van der Waals surface area contributed by atoms with Crippen molar-refractivity contribution < 1.29 is 19.7 Å². The zero-order chi connectivity index (χ0) is 25.2. The normalized spacial score (nSPS) is 24.9. The summed E-state index contributed by atoms with van der Waals surface area (Å²) < 4.78 is 6.46. The van der Waals surface area contributed by atoms with E-state index in [1.807, 2.05) is 17.8 Å². The highest BCUT2D eigenvalue weighted by molar-refractivity contribution is 7.99. The first-order valence-corrected chi connectivity index (χ1v) is 14.4. The van der Waals surface area contributed by atoms with Crippen LogP contribution in [0.5, 0.6) is 0 Å². The van der Waals surface area contributed by atoms with Crippen molar-refractivity contribution in [2.24, 2.45) is 5.92 Å². The number of hydrogen-bond donors (Lipinski definition) is 2. The summed E-state index contributed by atoms with van der Waals surface area (Å²) in [5.41, 5.74) is 3.75. The molecule has 2 aliphatic rings. The molecule has 1 saturated carbocycles. The molecule has 2 N–H and O–H groups in total. The molecule has 6 heteroatoms. The number of hydrogen-bond acceptors (Lipinski definition) is 5. The summed E-state index contributed by atoms with van der Waals surface area (Å²) in [6.07, 6.45) is 7.97. The maximum atomic E-state index is 11.0. The molecule has 4 atom stereocenters. The van der Waals surface area contributed by atoms with E-state index in [0.717, 1.165) is 49.4 Å². The smallest absolute Gasteiger partial charge is 0.303 e. The molecule has 0 aromatic heterocycles. The highest BCUT2D eigenvalue weighted by atomic mass is 32.2. The van der Waals surface area contributed by atoms with Gasteiger partial charge in [-0.3, -0.25) is 9.69 Å². The van der Waals surface area contributed by atoms with Crippen LogP contribution in [0.25, 0.3) is 0 Å². The molecule has 1 aliphatic heterocycles. The molecule has 0 amide bonds. The molecule has 194 valence electrons. The van der Waals surface area contributed by atoms with Crippen molar-refractivity contribution in [2.75, 3.05) is 24.6 Å². The van der Waals surface area contributed by atoms with E-state index in [0.29, 0.717) is 19.4 Å². The highest BCUT2D eigenvalue weighted by Gasteiger charge is 2.45. The van der Waals surface area contributed by atoms with Crippen LogP contribution < -0.4 is 0 Å². The number of allylic oxidation sites excluding steroid dienone is 2. The third kappa shape index (κ3) is 7.94. The average Bonchev–Trinajstić information content (AvgIpc) is 3.21. The molecule has 1 aliphatic carbocycles. The van der Waals surface area contributed by atoms with Crippen LogP contribution >= 0.6 is 11.8 Å². The van der Waals surface area contributed by atoms with E-state index >= 15 is 0 Å². The van der Waals surface area contributed by atoms with E-state index < -0.39 is 5.97 Å². The van der Waals surface area contributed by atoms with Crippen LogP contribution in [0.4, 0.5) is 0 Å². The van der Waals surface area contributed by atoms with Crippen LogP contribution in [-0.4, -0.2) is 63.9 Å². The highest BCUT2D eigenvalue weighted by Crippen LogP contribution is 2.37. The Balaban J connectivity index is 1.35. The molecule has 0 radical (unpaired) electrons. The maximum absolute atomic E-state index is 11.0. The molecule has 36 heavy (non-hydrogen) atoms. The Morgan fingerprint density at radius 1 is 1.00 bits per heavy atom. The van der Waals surface area contributed by atoms with Crippen molar-refractivity contribution in [1.29, 1.82) is 0 Å². The van der Waals surface area contributed by atoms with Crippen LogP contribution in [0.1, 0.15) is 48.8 Å². The second-order valence-electron chi connectivity index (χ2n) is 9.93. The summed E-state index contributed by atoms with van der Waals surface area (Å²) in [6, 6.07) is 19.3. The lowest BCUT2D eigenvalue weighted by atomic mass is 9.95. The zero-order valence-electron chi connectivity index (χ0n) is 21.0. The fraction of sp³-hybridized carbons (Fsp3) is 0.500. The molecule has 2 aromatic rings. The number of aliphatic hydroxyl groups is 1. The van der Waals surface area contributed by atoms with Gasteiger partial charge in [0.25, 0.3) is 0 Å². The Kier molecular flexibility index (Phi) is 10.5. The van der Waals surface area contributed by atoms with Crippen molar-refractivity contribution in [3.63, 3.8) is 0 Å². The Hall–Kier alpha value is -2.12. The fourth-order valence-electron chi connectivity index (χ4n) is 5.46. The van der Waals surface area contributed by atoms with Crippen LogP contribution in [0.2, 0.25) is 0 Å². The molecule has 1 heterocycles. The second kappa shape index (κ2) is 14.0. The minimum atomic E-state index is -0.744. The number of unbranched alkanes of at least 4 members (excludes halogenated alkanes) is 1. The number of aliphatic hydroxyl groups excluding tert-OH is 1. The standard InChI is InChI=1S/C30H39NO4S/c32-27-21-28(35-22-25-14-12-24(13-15-25)20-23-8-4-3-5-9-23)26(10-6-1-2-7-11-29(33)34)30(27)31-16-18-36-19-17-31/h1,3-6,8-9,12-15,26-28,30,32H,2,7,10-11,16-22H2,(H,33,34)/b6-1-/t26-,27+,28-,30+/m0/s1. The number of benzene rings is 2. The van der Waals surface area contributed by atoms with Crippen molar-refractivity contribution in [3.05, 3.63) is 83.4 Å². The summed E-state index contributed by atoms with van der Waals surface area (Å²) in [4.78, 5) is 13.2. The quantitative estimate of drug-likeness (QED) is 0.304. The summed E-state index contributed by atoms with van der Waals surface area (Å²) >= 11 is 1.98. The summed E-state index contributed by atoms with van der Waals surface area (Å²) in [7, 11) is 0. The van der Waals surface area contributed by atoms with Gasteiger partial charge in [0.05, 0.1) is 18.8 Å². The minimum absolute atomic E-state index is 0.00671. The molecule has 0 spiro atoms. The Morgan fingerprint density at radius 2 is 1.69 bits per heavy atom. The van der Waals surface area contributed by atoms with Crippen molar-refractivity contribution in [3.8, 4) is 0 Å². The number of carboxylic acid groups (broad SMARTS) is 1. The third-order valence-corrected chi connectivity index (χ3v) is 8.27. The van der Waals surface area contributed by atoms with E-state index in [1.54, 1.807) is 0 Å². The minimum Gasteiger partial charge on any atom is -0.481 e. The first-order chi connectivity index (χ1) is 17.6. The number of carboxylic acids is 1. The van der Waals surface area contributed by atoms with Gasteiger partial charge in [-0.15, -0.1) is 0 Å². The maximum Gasteiger partial charge on any atom is 0.303 e. The molecule has 1 saturated heterocycles. The van der Waals surface area contributed by atoms with Gasteiger partial charge in [-0.25, -0.2) is 0 Å². The number of aliphatic carboxylic acids is 1. The number of nitrogens with zero attached hydrogens (tertiary/aromatic N) is 1. The molecular weight excluding hydrogens is 470 g/mol. The zero-order valence-corrected chi connectivity index (χ0v) is 21.8. The predicted molar refractivity (Wildman–Crippen MR) is 146 cm³/mol. The van der Waals surface area contributed by atoms with E-state index in [-0.39, 0.29) is 30.6 Å². The molecule has 5 nitrogen and oxygen atoms in total. The van der Waals surface area contributed by atoms with E-state index in [1.165, 1.54) is 11.1 Å². The molecule has 0 unspecified atom stereocenters. The van der Waals surface area contributed by atoms with Gasteiger partial charge in [0.15, 0.2) is 0 Å². The number of ether oxygens (including phenoxy) is 1. The number of rotatable bonds is 12. The van der Waals surface area contributed by atoms with Gasteiger partial charge in [-0.05, 0) is 42.4 Å². The largest absolute Gasteiger partial charge is 0.481 e. The lowest BCUT2D eigenvalue weighted by molar-refractivity contribution is -0.137. The molecular formula is C30H39NO4S. The van der Waals surface area contributed by atoms with E-state index in [2.05, 4.69) is 65.6 Å². The molecule has 4 rings (SSSR count). The van der Waals surface area contributed by atoms with Crippen LogP contribution in [-0.2, 0) is 22.6 Å². The van der Waals surface area contributed by atoms with Gasteiger partial charge in [0, 0.05) is 49.4 Å². The predicted octanol–water partition coefficient (Wildman–Crippen LogP) is 5.16. The molecule has 2 fully saturated rings. The van der Waals surface area contributed by atoms with Gasteiger partial charge in [0.2, 0.25) is 0 Å². The van der Waals surface area contributed by atoms with E-state index in [9.17, 15) is 9.90 Å². The third-order valence-electron chi connectivity index (χ3n) is 7.33. The first-order valence-electron chi connectivity index (χ1n) is 13.2. The molecule has 2 aromatic carbocycles. The lowest BCUT2D eigenvalue weighted by Crippen LogP contribution is -2.48. The van der Waals surface area contributed by atoms with Gasteiger partial charge in [-0.2, -0.15) is 11.8 Å². The summed E-state index contributed by atoms with van der Waals surface area (Å²) in [5, 5.41) is 19.9. The van der Waals surface area contributed by atoms with Crippen molar-refractivity contribution >= 4 is 17.7 Å². The lowest BCUT2D eigenvalue weighted by Gasteiger charge is -2.37.